The van der Waals surface area contributed by atoms with Crippen molar-refractivity contribution in [2.45, 2.75) is 20.0 Å². The van der Waals surface area contributed by atoms with Gasteiger partial charge >= 0.3 is 11.9 Å². The Balaban J connectivity index is 0.000000315. The third-order valence-corrected chi connectivity index (χ3v) is 2.47. The average Bonchev–Trinajstić information content (AvgIpc) is 2.92. The van der Waals surface area contributed by atoms with Gasteiger partial charge in [0.2, 0.25) is 0 Å². The Labute approximate surface area is 122 Å². The first-order valence-corrected chi connectivity index (χ1v) is 6.24. The van der Waals surface area contributed by atoms with Gasteiger partial charge in [-0.25, -0.2) is 9.59 Å². The summed E-state index contributed by atoms with van der Waals surface area (Å²) in [4.78, 5) is 18.2. The standard InChI is InChI=1S/C13H15NO.C2H2O4/c1-11-4-2-5-12(8-11)9-14-10-13-6-3-7-15-13;3-1(4)2(5)6/h2-8,14H,9-10H2,1H3;(H,3,4)(H,5,6). The van der Waals surface area contributed by atoms with Crippen LogP contribution in [-0.4, -0.2) is 22.2 Å². The third-order valence-electron chi connectivity index (χ3n) is 2.47. The molecule has 1 aromatic carbocycles. The van der Waals surface area contributed by atoms with Crippen LogP contribution in [0.1, 0.15) is 16.9 Å². The molecule has 0 fully saturated rings. The van der Waals surface area contributed by atoms with Crippen LogP contribution in [0.4, 0.5) is 0 Å². The lowest BCUT2D eigenvalue weighted by Crippen LogP contribution is -2.12. The summed E-state index contributed by atoms with van der Waals surface area (Å²) in [7, 11) is 0. The highest BCUT2D eigenvalue weighted by molar-refractivity contribution is 6.27. The Kier molecular flexibility index (Phi) is 6.70. The van der Waals surface area contributed by atoms with E-state index in [-0.39, 0.29) is 0 Å². The van der Waals surface area contributed by atoms with Crippen LogP contribution in [0.5, 0.6) is 0 Å². The van der Waals surface area contributed by atoms with Crippen molar-refractivity contribution in [1.29, 1.82) is 0 Å². The van der Waals surface area contributed by atoms with E-state index in [9.17, 15) is 0 Å². The van der Waals surface area contributed by atoms with Gasteiger partial charge in [-0.05, 0) is 24.6 Å². The van der Waals surface area contributed by atoms with E-state index < -0.39 is 11.9 Å². The molecule has 0 unspecified atom stereocenters. The number of carboxylic acids is 2. The second-order valence-corrected chi connectivity index (χ2v) is 4.28. The summed E-state index contributed by atoms with van der Waals surface area (Å²) in [5.74, 6) is -2.67. The van der Waals surface area contributed by atoms with Crippen LogP contribution < -0.4 is 5.32 Å². The number of hydrogen-bond acceptors (Lipinski definition) is 4. The fourth-order valence-electron chi connectivity index (χ4n) is 1.57. The van der Waals surface area contributed by atoms with Crippen LogP contribution in [0.3, 0.4) is 0 Å². The zero-order chi connectivity index (χ0) is 15.7. The molecule has 1 aromatic heterocycles. The van der Waals surface area contributed by atoms with Crippen LogP contribution in [0.25, 0.3) is 0 Å². The summed E-state index contributed by atoms with van der Waals surface area (Å²) >= 11 is 0. The van der Waals surface area contributed by atoms with Crippen LogP contribution in [0.2, 0.25) is 0 Å². The highest BCUT2D eigenvalue weighted by Crippen LogP contribution is 2.04. The maximum Gasteiger partial charge on any atom is 0.414 e. The van der Waals surface area contributed by atoms with Crippen molar-refractivity contribution >= 4 is 11.9 Å². The minimum Gasteiger partial charge on any atom is -0.473 e. The number of nitrogens with one attached hydrogen (secondary N) is 1. The molecule has 2 rings (SSSR count). The van der Waals surface area contributed by atoms with E-state index in [0.29, 0.717) is 0 Å². The second-order valence-electron chi connectivity index (χ2n) is 4.28. The average molecular weight is 291 g/mol. The number of furan rings is 1. The Hall–Kier alpha value is -2.60. The normalized spacial score (nSPS) is 9.57. The number of carboxylic acid groups (broad SMARTS) is 2. The molecule has 112 valence electrons. The molecule has 0 saturated heterocycles. The van der Waals surface area contributed by atoms with Crippen LogP contribution in [0, 0.1) is 6.92 Å². The maximum atomic E-state index is 9.10. The van der Waals surface area contributed by atoms with Crippen LogP contribution >= 0.6 is 0 Å². The van der Waals surface area contributed by atoms with Crippen molar-refractivity contribution in [3.8, 4) is 0 Å². The highest BCUT2D eigenvalue weighted by atomic mass is 16.4. The summed E-state index contributed by atoms with van der Waals surface area (Å²) in [6, 6.07) is 12.4. The highest BCUT2D eigenvalue weighted by Gasteiger charge is 2.04. The molecule has 0 spiro atoms. The summed E-state index contributed by atoms with van der Waals surface area (Å²) in [5, 5.41) is 18.1. The zero-order valence-electron chi connectivity index (χ0n) is 11.6. The van der Waals surface area contributed by atoms with Gasteiger partial charge in [0.15, 0.2) is 0 Å². The van der Waals surface area contributed by atoms with E-state index in [2.05, 4.69) is 36.5 Å². The topological polar surface area (TPSA) is 99.8 Å². The van der Waals surface area contributed by atoms with Gasteiger partial charge < -0.3 is 19.9 Å². The van der Waals surface area contributed by atoms with Crippen LogP contribution in [-0.2, 0) is 22.7 Å². The van der Waals surface area contributed by atoms with E-state index in [1.54, 1.807) is 6.26 Å². The van der Waals surface area contributed by atoms with Crippen molar-refractivity contribution in [2.24, 2.45) is 0 Å². The van der Waals surface area contributed by atoms with Crippen molar-refractivity contribution in [3.63, 3.8) is 0 Å². The summed E-state index contributed by atoms with van der Waals surface area (Å²) in [6.07, 6.45) is 1.70. The second kappa shape index (κ2) is 8.55. The molecule has 0 atom stereocenters. The molecule has 1 heterocycles. The third kappa shape index (κ3) is 6.93. The van der Waals surface area contributed by atoms with Gasteiger partial charge in [0.05, 0.1) is 12.8 Å². The molecule has 0 aliphatic heterocycles. The molecule has 0 aliphatic rings. The fraction of sp³-hybridized carbons (Fsp3) is 0.200. The maximum absolute atomic E-state index is 9.10. The minimum absolute atomic E-state index is 0.779. The summed E-state index contributed by atoms with van der Waals surface area (Å²) < 4.78 is 5.23. The number of aryl methyl sites for hydroxylation is 1. The lowest BCUT2D eigenvalue weighted by atomic mass is 10.1. The van der Waals surface area contributed by atoms with Crippen molar-refractivity contribution in [2.75, 3.05) is 0 Å². The van der Waals surface area contributed by atoms with E-state index in [1.165, 1.54) is 11.1 Å². The van der Waals surface area contributed by atoms with Gasteiger partial charge in [-0.2, -0.15) is 0 Å². The number of rotatable bonds is 4. The Morgan fingerprint density at radius 2 is 1.81 bits per heavy atom. The lowest BCUT2D eigenvalue weighted by Gasteiger charge is -2.03. The Morgan fingerprint density at radius 3 is 2.33 bits per heavy atom. The zero-order valence-corrected chi connectivity index (χ0v) is 11.6. The largest absolute Gasteiger partial charge is 0.473 e. The minimum atomic E-state index is -1.82. The monoisotopic (exact) mass is 291 g/mol. The molecule has 0 amide bonds. The quantitative estimate of drug-likeness (QED) is 0.745. The number of carbonyl (C=O) groups is 2. The van der Waals surface area contributed by atoms with Gasteiger partial charge in [-0.3, -0.25) is 0 Å². The smallest absolute Gasteiger partial charge is 0.414 e. The molecule has 21 heavy (non-hydrogen) atoms. The molecular formula is C15H17NO5. The lowest BCUT2D eigenvalue weighted by molar-refractivity contribution is -0.159. The molecular weight excluding hydrogens is 274 g/mol. The predicted molar refractivity (Wildman–Crippen MR) is 75.7 cm³/mol. The first-order valence-electron chi connectivity index (χ1n) is 6.24. The molecule has 2 aromatic rings. The first kappa shape index (κ1) is 16.5. The molecule has 6 nitrogen and oxygen atoms in total. The fourth-order valence-corrected chi connectivity index (χ4v) is 1.57. The van der Waals surface area contributed by atoms with Gasteiger partial charge in [-0.15, -0.1) is 0 Å². The number of aliphatic carboxylic acids is 2. The van der Waals surface area contributed by atoms with Gasteiger partial charge in [-0.1, -0.05) is 29.8 Å². The Bertz CT molecular complexity index is 566. The van der Waals surface area contributed by atoms with Crippen molar-refractivity contribution in [3.05, 3.63) is 59.5 Å². The molecule has 0 radical (unpaired) electrons. The van der Waals surface area contributed by atoms with E-state index >= 15 is 0 Å². The SMILES string of the molecule is Cc1cccc(CNCc2ccco2)c1.O=C(O)C(=O)O. The number of benzene rings is 1. The van der Waals surface area contributed by atoms with Gasteiger partial charge in [0, 0.05) is 6.54 Å². The Morgan fingerprint density at radius 1 is 1.10 bits per heavy atom. The van der Waals surface area contributed by atoms with E-state index in [1.807, 2.05) is 12.1 Å². The summed E-state index contributed by atoms with van der Waals surface area (Å²) in [5.41, 5.74) is 2.61. The first-order chi connectivity index (χ1) is 9.99. The van der Waals surface area contributed by atoms with Crippen molar-refractivity contribution < 1.29 is 24.2 Å². The van der Waals surface area contributed by atoms with Gasteiger partial charge in [0.25, 0.3) is 0 Å². The molecule has 6 heteroatoms. The molecule has 0 saturated carbocycles. The summed E-state index contributed by atoms with van der Waals surface area (Å²) in [6.45, 7) is 3.76. The predicted octanol–water partition coefficient (Wildman–Crippen LogP) is 2.03. The van der Waals surface area contributed by atoms with E-state index in [4.69, 9.17) is 24.2 Å². The van der Waals surface area contributed by atoms with Gasteiger partial charge in [0.1, 0.15) is 5.76 Å². The van der Waals surface area contributed by atoms with Crippen molar-refractivity contribution in [1.82, 2.24) is 5.32 Å². The molecule has 0 aliphatic carbocycles. The number of hydrogen-bond donors (Lipinski definition) is 3. The van der Waals surface area contributed by atoms with E-state index in [0.717, 1.165) is 18.8 Å². The van der Waals surface area contributed by atoms with Crippen LogP contribution in [0.15, 0.2) is 47.1 Å². The molecule has 3 N–H and O–H groups in total. The molecule has 0 bridgehead atoms.